The van der Waals surface area contributed by atoms with Gasteiger partial charge in [0.25, 0.3) is 0 Å². The number of benzene rings is 2. The first-order chi connectivity index (χ1) is 18.8. The van der Waals surface area contributed by atoms with E-state index in [-0.39, 0.29) is 36.4 Å². The van der Waals surface area contributed by atoms with Crippen LogP contribution in [0.25, 0.3) is 0 Å². The van der Waals surface area contributed by atoms with Crippen molar-refractivity contribution in [2.75, 3.05) is 4.90 Å². The summed E-state index contributed by atoms with van der Waals surface area (Å²) in [6, 6.07) is 9.50. The second-order valence-electron chi connectivity index (χ2n) is 9.76. The van der Waals surface area contributed by atoms with Crippen LogP contribution in [0.2, 0.25) is 0 Å². The van der Waals surface area contributed by atoms with Crippen molar-refractivity contribution in [2.24, 2.45) is 0 Å². The van der Waals surface area contributed by atoms with Gasteiger partial charge >= 0.3 is 0 Å². The number of anilines is 1. The van der Waals surface area contributed by atoms with Crippen molar-refractivity contribution in [2.45, 2.75) is 57.3 Å². The van der Waals surface area contributed by atoms with E-state index in [1.165, 1.54) is 24.0 Å². The first-order valence-electron chi connectivity index (χ1n) is 12.7. The molecule has 5 N–H and O–H groups in total. The van der Waals surface area contributed by atoms with Crippen LogP contribution in [-0.4, -0.2) is 62.3 Å². The van der Waals surface area contributed by atoms with Crippen molar-refractivity contribution < 1.29 is 24.3 Å². The molecule has 3 heterocycles. The second kappa shape index (κ2) is 10.9. The molecule has 0 spiro atoms. The molecule has 2 aromatic carbocycles. The van der Waals surface area contributed by atoms with Crippen molar-refractivity contribution in [3.8, 4) is 5.75 Å². The van der Waals surface area contributed by atoms with E-state index in [9.17, 15) is 24.3 Å². The largest absolute Gasteiger partial charge is 0.508 e. The fourth-order valence-electron chi connectivity index (χ4n) is 5.18. The number of nitrogens with one attached hydrogen (secondary N) is 4. The van der Waals surface area contributed by atoms with Gasteiger partial charge in [0.15, 0.2) is 0 Å². The molecule has 12 heteroatoms. The molecule has 5 rings (SSSR count). The topological polar surface area (TPSA) is 169 Å². The molecule has 3 atom stereocenters. The van der Waals surface area contributed by atoms with Crippen molar-refractivity contribution in [3.63, 3.8) is 0 Å². The van der Waals surface area contributed by atoms with Crippen molar-refractivity contribution >= 4 is 29.3 Å². The number of phenols is 1. The van der Waals surface area contributed by atoms with Crippen LogP contribution in [0.3, 0.4) is 0 Å². The molecule has 2 aliphatic rings. The number of hydrogen-bond donors (Lipinski definition) is 5. The molecule has 3 aromatic rings. The van der Waals surface area contributed by atoms with Crippen molar-refractivity contribution in [3.05, 3.63) is 71.0 Å². The highest BCUT2D eigenvalue weighted by Gasteiger charge is 2.44. The first-order valence-corrected chi connectivity index (χ1v) is 12.7. The smallest absolute Gasteiger partial charge is 0.250 e. The summed E-state index contributed by atoms with van der Waals surface area (Å²) in [5.41, 5.74) is 3.85. The summed E-state index contributed by atoms with van der Waals surface area (Å²) in [6.07, 6.45) is 2.99. The molecule has 39 heavy (non-hydrogen) atoms. The van der Waals surface area contributed by atoms with Crippen molar-refractivity contribution in [1.82, 2.24) is 31.4 Å². The lowest BCUT2D eigenvalue weighted by Crippen LogP contribution is -2.57. The van der Waals surface area contributed by atoms with Gasteiger partial charge in [0.2, 0.25) is 23.6 Å². The Bertz CT molecular complexity index is 1390. The van der Waals surface area contributed by atoms with E-state index >= 15 is 0 Å². The van der Waals surface area contributed by atoms with Crippen LogP contribution in [-0.2, 0) is 45.0 Å². The zero-order valence-electron chi connectivity index (χ0n) is 21.3. The third-order valence-corrected chi connectivity index (χ3v) is 7.01. The molecule has 0 aliphatic carbocycles. The molecule has 12 nitrogen and oxygen atoms in total. The maximum Gasteiger partial charge on any atom is 0.250 e. The predicted molar refractivity (Wildman–Crippen MR) is 139 cm³/mol. The Hall–Kier alpha value is -4.74. The minimum atomic E-state index is -0.929. The highest BCUT2D eigenvalue weighted by Crippen LogP contribution is 2.39. The zero-order chi connectivity index (χ0) is 27.5. The molecule has 0 radical (unpaired) electrons. The number of carbonyl (C=O) groups is 4. The second-order valence-corrected chi connectivity index (χ2v) is 9.76. The monoisotopic (exact) mass is 531 g/mol. The lowest BCUT2D eigenvalue weighted by molar-refractivity contribution is -0.131. The van der Waals surface area contributed by atoms with Crippen LogP contribution < -0.4 is 20.9 Å². The highest BCUT2D eigenvalue weighted by molar-refractivity contribution is 6.08. The predicted octanol–water partition coefficient (Wildman–Crippen LogP) is 0.263. The van der Waals surface area contributed by atoms with Gasteiger partial charge in [-0.25, -0.2) is 0 Å². The van der Waals surface area contributed by atoms with Gasteiger partial charge in [0, 0.05) is 26.0 Å². The fourth-order valence-corrected chi connectivity index (χ4v) is 5.18. The zero-order valence-corrected chi connectivity index (χ0v) is 21.3. The molecule has 4 amide bonds. The molecular weight excluding hydrogens is 502 g/mol. The first kappa shape index (κ1) is 25.9. The summed E-state index contributed by atoms with van der Waals surface area (Å²) < 4.78 is 0. The average Bonchev–Trinajstić information content (AvgIpc) is 3.55. The van der Waals surface area contributed by atoms with E-state index < -0.39 is 24.0 Å². The molecule has 0 fully saturated rings. The van der Waals surface area contributed by atoms with Gasteiger partial charge in [-0.05, 0) is 41.7 Å². The SMILES string of the molecule is CC(=O)N[C@@H](Cc1ccc(O)cc1)C(=O)N[C@H]1CCc2cccc3c2N(C1=O)[C@H](C(=O)NCc1c[nH]nn1)C3. The van der Waals surface area contributed by atoms with Gasteiger partial charge in [0.05, 0.1) is 12.2 Å². The van der Waals surface area contributed by atoms with Crippen LogP contribution in [0, 0.1) is 0 Å². The number of H-pyrrole nitrogens is 1. The Morgan fingerprint density at radius 1 is 1.15 bits per heavy atom. The summed E-state index contributed by atoms with van der Waals surface area (Å²) in [7, 11) is 0. The summed E-state index contributed by atoms with van der Waals surface area (Å²) >= 11 is 0. The minimum absolute atomic E-state index is 0.0903. The number of aromatic nitrogens is 3. The van der Waals surface area contributed by atoms with Gasteiger partial charge in [0.1, 0.15) is 29.6 Å². The summed E-state index contributed by atoms with van der Waals surface area (Å²) in [6.45, 7) is 1.48. The maximum absolute atomic E-state index is 13.9. The number of aromatic hydroxyl groups is 1. The third-order valence-electron chi connectivity index (χ3n) is 7.01. The van der Waals surface area contributed by atoms with Gasteiger partial charge < -0.3 is 21.1 Å². The van der Waals surface area contributed by atoms with Crippen LogP contribution in [0.15, 0.2) is 48.7 Å². The van der Waals surface area contributed by atoms with E-state index in [2.05, 4.69) is 31.4 Å². The van der Waals surface area contributed by atoms with E-state index in [1.54, 1.807) is 18.3 Å². The number of nitrogens with zero attached hydrogens (tertiary/aromatic N) is 3. The van der Waals surface area contributed by atoms with Crippen LogP contribution >= 0.6 is 0 Å². The van der Waals surface area contributed by atoms with Crippen LogP contribution in [0.1, 0.15) is 35.7 Å². The Balaban J connectivity index is 1.35. The van der Waals surface area contributed by atoms with Gasteiger partial charge in [-0.2, -0.15) is 0 Å². The van der Waals surface area contributed by atoms with Gasteiger partial charge in [-0.3, -0.25) is 29.2 Å². The fraction of sp³-hybridized carbons (Fsp3) is 0.333. The molecule has 0 saturated heterocycles. The summed E-state index contributed by atoms with van der Waals surface area (Å²) in [5.74, 6) is -1.51. The number of para-hydroxylation sites is 1. The lowest BCUT2D eigenvalue weighted by Gasteiger charge is -2.28. The quantitative estimate of drug-likeness (QED) is 0.278. The molecule has 1 aromatic heterocycles. The summed E-state index contributed by atoms with van der Waals surface area (Å²) in [4.78, 5) is 53.9. The van der Waals surface area contributed by atoms with Crippen LogP contribution in [0.5, 0.6) is 5.75 Å². The maximum atomic E-state index is 13.9. The van der Waals surface area contributed by atoms with Crippen LogP contribution in [0.4, 0.5) is 5.69 Å². The molecular formula is C27H29N7O5. The molecule has 202 valence electrons. The Kier molecular flexibility index (Phi) is 7.26. The molecule has 0 saturated carbocycles. The Labute approximate surface area is 224 Å². The Morgan fingerprint density at radius 2 is 1.92 bits per heavy atom. The van der Waals surface area contributed by atoms with E-state index in [0.29, 0.717) is 25.0 Å². The van der Waals surface area contributed by atoms with Crippen molar-refractivity contribution in [1.29, 1.82) is 0 Å². The number of carbonyl (C=O) groups excluding carboxylic acids is 4. The number of aromatic amines is 1. The normalized spacial score (nSPS) is 18.6. The Morgan fingerprint density at radius 3 is 2.64 bits per heavy atom. The number of phenolic OH excluding ortho intramolecular Hbond substituents is 1. The molecule has 0 bridgehead atoms. The van der Waals surface area contributed by atoms with E-state index in [1.807, 2.05) is 18.2 Å². The average molecular weight is 532 g/mol. The highest BCUT2D eigenvalue weighted by atomic mass is 16.3. The van der Waals surface area contributed by atoms with Gasteiger partial charge in [-0.15, -0.1) is 5.10 Å². The summed E-state index contributed by atoms with van der Waals surface area (Å²) in [5, 5.41) is 28.0. The van der Waals surface area contributed by atoms with E-state index in [0.717, 1.165) is 22.4 Å². The van der Waals surface area contributed by atoms with E-state index in [4.69, 9.17) is 0 Å². The molecule has 2 aliphatic heterocycles. The standard InChI is InChI=1S/C27H29N7O5/c1-15(35)30-22(11-16-5-8-20(36)9-6-16)25(37)31-21-10-7-17-3-2-4-18-12-23(34(24(17)18)27(21)39)26(38)28-13-19-14-29-33-32-19/h2-6,8-9,14,21-23,36H,7,10-13H2,1H3,(H,28,38)(H,30,35)(H,31,37)(H,29,32,33)/t21-,22-,23-/m0/s1. The molecule has 0 unspecified atom stereocenters. The minimum Gasteiger partial charge on any atom is -0.508 e. The number of amides is 4. The van der Waals surface area contributed by atoms with Gasteiger partial charge in [-0.1, -0.05) is 35.5 Å². The number of aryl methyl sites for hydroxylation is 1. The number of rotatable bonds is 8. The lowest BCUT2D eigenvalue weighted by atomic mass is 10.0. The third kappa shape index (κ3) is 5.59. The number of hydrogen-bond acceptors (Lipinski definition) is 7.